The molecule has 1 atom stereocenters. The lowest BCUT2D eigenvalue weighted by Crippen LogP contribution is -2.48. The largest absolute Gasteiger partial charge is 0.449 e. The average molecular weight is 317 g/mol. The van der Waals surface area contributed by atoms with Gasteiger partial charge in [-0.25, -0.2) is 9.69 Å². The number of rotatable bonds is 7. The van der Waals surface area contributed by atoms with Crippen LogP contribution in [-0.4, -0.2) is 36.1 Å². The maximum Gasteiger partial charge on any atom is 0.407 e. The summed E-state index contributed by atoms with van der Waals surface area (Å²) in [6, 6.07) is 8.48. The highest BCUT2D eigenvalue weighted by Gasteiger charge is 2.26. The molecule has 6 heteroatoms. The Hall–Kier alpha value is -2.55. The molecule has 0 heterocycles. The summed E-state index contributed by atoms with van der Waals surface area (Å²) in [4.78, 5) is 25.3. The molecule has 1 rings (SSSR count). The summed E-state index contributed by atoms with van der Waals surface area (Å²) >= 11 is 0. The first kappa shape index (κ1) is 18.5. The number of ether oxygens (including phenoxy) is 1. The van der Waals surface area contributed by atoms with Gasteiger partial charge in [-0.05, 0) is 18.4 Å². The fraction of sp³-hybridized carbons (Fsp3) is 0.471. The number of alkyl carbamates (subject to hydrolysis) is 1. The monoisotopic (exact) mass is 317 g/mol. The van der Waals surface area contributed by atoms with E-state index >= 15 is 0 Å². The van der Waals surface area contributed by atoms with Crippen LogP contribution in [0, 0.1) is 17.4 Å². The van der Waals surface area contributed by atoms with Gasteiger partial charge in [0.15, 0.2) is 6.19 Å². The molecule has 0 fully saturated rings. The van der Waals surface area contributed by atoms with E-state index in [9.17, 15) is 9.59 Å². The highest BCUT2D eigenvalue weighted by molar-refractivity contribution is 5.87. The Morgan fingerprint density at radius 3 is 2.48 bits per heavy atom. The number of nitrogens with one attached hydrogen (secondary N) is 1. The number of nitrogens with zero attached hydrogens (tertiary/aromatic N) is 2. The molecule has 0 radical (unpaired) electrons. The van der Waals surface area contributed by atoms with Crippen molar-refractivity contribution in [2.45, 2.75) is 33.2 Å². The van der Waals surface area contributed by atoms with Gasteiger partial charge in [-0.1, -0.05) is 44.2 Å². The predicted octanol–water partition coefficient (Wildman–Crippen LogP) is 2.31. The second kappa shape index (κ2) is 9.46. The van der Waals surface area contributed by atoms with Crippen molar-refractivity contribution in [2.24, 2.45) is 5.92 Å². The van der Waals surface area contributed by atoms with E-state index in [2.05, 4.69) is 5.32 Å². The van der Waals surface area contributed by atoms with E-state index in [1.54, 1.807) is 6.92 Å². The minimum Gasteiger partial charge on any atom is -0.449 e. The highest BCUT2D eigenvalue weighted by Crippen LogP contribution is 2.07. The van der Waals surface area contributed by atoms with E-state index in [-0.39, 0.29) is 19.1 Å². The van der Waals surface area contributed by atoms with Crippen molar-refractivity contribution in [1.29, 1.82) is 5.26 Å². The molecule has 1 unspecified atom stereocenters. The minimum absolute atomic E-state index is 0.204. The first-order chi connectivity index (χ1) is 11.0. The molecule has 2 amide bonds. The minimum atomic E-state index is -0.836. The molecule has 6 nitrogen and oxygen atoms in total. The quantitative estimate of drug-likeness (QED) is 0.618. The van der Waals surface area contributed by atoms with E-state index in [1.807, 2.05) is 50.4 Å². The lowest BCUT2D eigenvalue weighted by atomic mass is 10.1. The topological polar surface area (TPSA) is 82.4 Å². The molecule has 0 aliphatic rings. The average Bonchev–Trinajstić information content (AvgIpc) is 2.54. The molecule has 0 bridgehead atoms. The number of hydrogen-bond acceptors (Lipinski definition) is 4. The SMILES string of the molecule is CCN(C#N)C(=O)C(Cc1ccccc1)NC(=O)OCC(C)C. The lowest BCUT2D eigenvalue weighted by molar-refractivity contribution is -0.130. The summed E-state index contributed by atoms with van der Waals surface area (Å²) in [5.41, 5.74) is 0.893. The van der Waals surface area contributed by atoms with Gasteiger partial charge in [-0.3, -0.25) is 4.79 Å². The Morgan fingerprint density at radius 1 is 1.30 bits per heavy atom. The fourth-order valence-electron chi connectivity index (χ4n) is 1.94. The van der Waals surface area contributed by atoms with Crippen LogP contribution in [0.4, 0.5) is 4.79 Å². The van der Waals surface area contributed by atoms with Crippen LogP contribution in [0.2, 0.25) is 0 Å². The van der Waals surface area contributed by atoms with Crippen LogP contribution in [0.25, 0.3) is 0 Å². The third-order valence-electron chi connectivity index (χ3n) is 3.12. The van der Waals surface area contributed by atoms with Crippen molar-refractivity contribution in [2.75, 3.05) is 13.2 Å². The Labute approximate surface area is 137 Å². The molecule has 124 valence electrons. The summed E-state index contributed by atoms with van der Waals surface area (Å²) < 4.78 is 5.07. The lowest BCUT2D eigenvalue weighted by Gasteiger charge is -2.21. The second-order valence-electron chi connectivity index (χ2n) is 5.56. The van der Waals surface area contributed by atoms with Crippen LogP contribution in [0.15, 0.2) is 30.3 Å². The Kier molecular flexibility index (Phi) is 7.61. The van der Waals surface area contributed by atoms with Gasteiger partial charge >= 0.3 is 6.09 Å². The summed E-state index contributed by atoms with van der Waals surface area (Å²) in [7, 11) is 0. The molecule has 1 N–H and O–H groups in total. The van der Waals surface area contributed by atoms with E-state index in [0.717, 1.165) is 10.5 Å². The molecule has 0 aliphatic heterocycles. The number of hydrogen-bond donors (Lipinski definition) is 1. The Morgan fingerprint density at radius 2 is 1.96 bits per heavy atom. The van der Waals surface area contributed by atoms with Crippen molar-refractivity contribution < 1.29 is 14.3 Å². The second-order valence-corrected chi connectivity index (χ2v) is 5.56. The van der Waals surface area contributed by atoms with Gasteiger partial charge in [0.1, 0.15) is 6.04 Å². The number of carbonyl (C=O) groups is 2. The molecule has 0 aromatic heterocycles. The first-order valence-electron chi connectivity index (χ1n) is 7.66. The van der Waals surface area contributed by atoms with Gasteiger partial charge < -0.3 is 10.1 Å². The summed E-state index contributed by atoms with van der Waals surface area (Å²) in [6.45, 7) is 6.08. The highest BCUT2D eigenvalue weighted by atomic mass is 16.5. The van der Waals surface area contributed by atoms with Gasteiger partial charge in [0.25, 0.3) is 5.91 Å². The van der Waals surface area contributed by atoms with Gasteiger partial charge in [0.05, 0.1) is 6.61 Å². The number of nitriles is 1. The number of benzene rings is 1. The maximum atomic E-state index is 12.4. The van der Waals surface area contributed by atoms with Crippen LogP contribution in [0.3, 0.4) is 0 Å². The van der Waals surface area contributed by atoms with Gasteiger partial charge in [0, 0.05) is 13.0 Å². The molecule has 23 heavy (non-hydrogen) atoms. The fourth-order valence-corrected chi connectivity index (χ4v) is 1.94. The van der Waals surface area contributed by atoms with E-state index in [1.165, 1.54) is 0 Å². The summed E-state index contributed by atoms with van der Waals surface area (Å²) in [6.07, 6.45) is 1.48. The zero-order valence-corrected chi connectivity index (χ0v) is 13.8. The van der Waals surface area contributed by atoms with Gasteiger partial charge in [-0.15, -0.1) is 0 Å². The van der Waals surface area contributed by atoms with Crippen molar-refractivity contribution in [3.05, 3.63) is 35.9 Å². The van der Waals surface area contributed by atoms with Crippen molar-refractivity contribution in [1.82, 2.24) is 10.2 Å². The molecule has 0 spiro atoms. The first-order valence-corrected chi connectivity index (χ1v) is 7.66. The molecule has 1 aromatic carbocycles. The smallest absolute Gasteiger partial charge is 0.407 e. The molecular weight excluding hydrogens is 294 g/mol. The standard InChI is InChI=1S/C17H23N3O3/c1-4-20(12-18)16(21)15(10-14-8-6-5-7-9-14)19-17(22)23-11-13(2)3/h5-9,13,15H,4,10-11H2,1-3H3,(H,19,22). The summed E-state index contributed by atoms with van der Waals surface area (Å²) in [5.74, 6) is -0.240. The van der Waals surface area contributed by atoms with Gasteiger partial charge in [-0.2, -0.15) is 5.26 Å². The molecule has 1 aromatic rings. The maximum absolute atomic E-state index is 12.4. The van der Waals surface area contributed by atoms with Gasteiger partial charge in [0.2, 0.25) is 0 Å². The number of likely N-dealkylation sites (N-methyl/N-ethyl adjacent to an activating group) is 1. The van der Waals surface area contributed by atoms with E-state index in [4.69, 9.17) is 10.00 Å². The van der Waals surface area contributed by atoms with Crippen LogP contribution < -0.4 is 5.32 Å². The molecule has 0 aliphatic carbocycles. The van der Waals surface area contributed by atoms with E-state index < -0.39 is 18.0 Å². The molecule has 0 saturated heterocycles. The van der Waals surface area contributed by atoms with Crippen molar-refractivity contribution in [3.8, 4) is 6.19 Å². The number of amides is 2. The third kappa shape index (κ3) is 6.39. The van der Waals surface area contributed by atoms with Crippen LogP contribution in [0.5, 0.6) is 0 Å². The van der Waals surface area contributed by atoms with Crippen molar-refractivity contribution in [3.63, 3.8) is 0 Å². The van der Waals surface area contributed by atoms with Crippen molar-refractivity contribution >= 4 is 12.0 Å². The third-order valence-corrected chi connectivity index (χ3v) is 3.12. The molecule has 0 saturated carbocycles. The van der Waals surface area contributed by atoms with Crippen LogP contribution >= 0.6 is 0 Å². The predicted molar refractivity (Wildman–Crippen MR) is 86.3 cm³/mol. The Balaban J connectivity index is 2.81. The van der Waals surface area contributed by atoms with Crippen LogP contribution in [0.1, 0.15) is 26.3 Å². The Bertz CT molecular complexity index is 552. The normalized spacial score (nSPS) is 11.4. The zero-order chi connectivity index (χ0) is 17.2. The summed E-state index contributed by atoms with van der Waals surface area (Å²) in [5, 5.41) is 11.6. The molecular formula is C17H23N3O3. The number of carbonyl (C=O) groups excluding carboxylic acids is 2. The van der Waals surface area contributed by atoms with E-state index in [0.29, 0.717) is 6.42 Å². The van der Waals surface area contributed by atoms with Crippen LogP contribution in [-0.2, 0) is 16.0 Å². The zero-order valence-electron chi connectivity index (χ0n) is 13.8.